The Hall–Kier alpha value is -1.08. The van der Waals surface area contributed by atoms with E-state index >= 15 is 0 Å². The Balaban J connectivity index is 1.74. The molecule has 0 amide bonds. The highest BCUT2D eigenvalue weighted by molar-refractivity contribution is 7.99. The molecule has 1 aromatic heterocycles. The molecule has 7 heteroatoms. The fraction of sp³-hybridized carbons (Fsp3) is 0.667. The maximum Gasteiger partial charge on any atom is 0.358 e. The molecule has 1 aliphatic heterocycles. The van der Waals surface area contributed by atoms with E-state index in [-0.39, 0.29) is 5.69 Å². The molecule has 0 spiro atoms. The second kappa shape index (κ2) is 5.31. The highest BCUT2D eigenvalue weighted by Crippen LogP contribution is 2.16. The number of hydrogen-bond acceptors (Lipinski definition) is 5. The molecule has 2 rings (SSSR count). The molecule has 0 aromatic carbocycles. The molecule has 1 aromatic rings. The fourth-order valence-corrected chi connectivity index (χ4v) is 2.77. The smallest absolute Gasteiger partial charge is 0.358 e. The van der Waals surface area contributed by atoms with Gasteiger partial charge in [-0.05, 0) is 12.2 Å². The van der Waals surface area contributed by atoms with E-state index in [0.29, 0.717) is 12.6 Å². The zero-order valence-electron chi connectivity index (χ0n) is 8.80. The first-order valence-electron chi connectivity index (χ1n) is 5.20. The minimum absolute atomic E-state index is 0.00331. The van der Waals surface area contributed by atoms with E-state index in [9.17, 15) is 4.79 Å². The number of thioether (sulfide) groups is 1. The summed E-state index contributed by atoms with van der Waals surface area (Å²) in [6.07, 6.45) is 2.66. The van der Waals surface area contributed by atoms with Gasteiger partial charge in [0.05, 0.1) is 12.7 Å². The SMILES string of the molecule is O=C(O)c1cn(CCNC2CCSC2)nn1. The van der Waals surface area contributed by atoms with Crippen LogP contribution in [0.4, 0.5) is 0 Å². The Kier molecular flexibility index (Phi) is 3.79. The summed E-state index contributed by atoms with van der Waals surface area (Å²) in [5.41, 5.74) is -0.00331. The van der Waals surface area contributed by atoms with Gasteiger partial charge in [0.2, 0.25) is 0 Å². The standard InChI is InChI=1S/C9H14N4O2S/c14-9(15)8-5-13(12-11-8)3-2-10-7-1-4-16-6-7/h5,7,10H,1-4,6H2,(H,14,15). The summed E-state index contributed by atoms with van der Waals surface area (Å²) in [4.78, 5) is 10.6. The van der Waals surface area contributed by atoms with Crippen LogP contribution >= 0.6 is 11.8 Å². The molecule has 2 heterocycles. The Morgan fingerprint density at radius 3 is 3.25 bits per heavy atom. The zero-order chi connectivity index (χ0) is 11.4. The van der Waals surface area contributed by atoms with Gasteiger partial charge >= 0.3 is 5.97 Å². The van der Waals surface area contributed by atoms with Crippen LogP contribution in [-0.4, -0.2) is 50.2 Å². The molecule has 1 saturated heterocycles. The maximum absolute atomic E-state index is 10.6. The van der Waals surface area contributed by atoms with Crippen molar-refractivity contribution in [2.24, 2.45) is 0 Å². The topological polar surface area (TPSA) is 80.0 Å². The number of rotatable bonds is 5. The van der Waals surface area contributed by atoms with Gasteiger partial charge in [-0.15, -0.1) is 5.10 Å². The molecule has 16 heavy (non-hydrogen) atoms. The van der Waals surface area contributed by atoms with Crippen molar-refractivity contribution in [3.8, 4) is 0 Å². The number of aromatic nitrogens is 3. The van der Waals surface area contributed by atoms with Gasteiger partial charge < -0.3 is 10.4 Å². The number of carbonyl (C=O) groups is 1. The van der Waals surface area contributed by atoms with Crippen LogP contribution in [0, 0.1) is 0 Å². The van der Waals surface area contributed by atoms with Crippen molar-refractivity contribution in [1.82, 2.24) is 20.3 Å². The summed E-state index contributed by atoms with van der Waals surface area (Å²) < 4.78 is 1.55. The number of nitrogens with one attached hydrogen (secondary N) is 1. The number of aromatic carboxylic acids is 1. The molecule has 1 fully saturated rings. The average Bonchev–Trinajstić information content (AvgIpc) is 2.87. The highest BCUT2D eigenvalue weighted by atomic mass is 32.2. The Labute approximate surface area is 97.4 Å². The first-order chi connectivity index (χ1) is 7.75. The van der Waals surface area contributed by atoms with Crippen LogP contribution < -0.4 is 5.32 Å². The minimum atomic E-state index is -1.04. The molecule has 1 unspecified atom stereocenters. The van der Waals surface area contributed by atoms with E-state index in [4.69, 9.17) is 5.11 Å². The van der Waals surface area contributed by atoms with E-state index in [1.807, 2.05) is 11.8 Å². The summed E-state index contributed by atoms with van der Waals surface area (Å²) in [6, 6.07) is 0.590. The molecule has 0 radical (unpaired) electrons. The van der Waals surface area contributed by atoms with Gasteiger partial charge in [0.1, 0.15) is 0 Å². The second-order valence-electron chi connectivity index (χ2n) is 3.69. The number of nitrogens with zero attached hydrogens (tertiary/aromatic N) is 3. The molecule has 1 atom stereocenters. The zero-order valence-corrected chi connectivity index (χ0v) is 9.61. The van der Waals surface area contributed by atoms with Crippen LogP contribution in [0.5, 0.6) is 0 Å². The van der Waals surface area contributed by atoms with E-state index < -0.39 is 5.97 Å². The van der Waals surface area contributed by atoms with Crippen molar-refractivity contribution >= 4 is 17.7 Å². The van der Waals surface area contributed by atoms with Crippen molar-refractivity contribution < 1.29 is 9.90 Å². The summed E-state index contributed by atoms with van der Waals surface area (Å²) >= 11 is 1.96. The predicted molar refractivity (Wildman–Crippen MR) is 60.7 cm³/mol. The van der Waals surface area contributed by atoms with Crippen molar-refractivity contribution in [3.63, 3.8) is 0 Å². The van der Waals surface area contributed by atoms with Crippen LogP contribution in [0.2, 0.25) is 0 Å². The monoisotopic (exact) mass is 242 g/mol. The van der Waals surface area contributed by atoms with Crippen LogP contribution in [0.1, 0.15) is 16.9 Å². The van der Waals surface area contributed by atoms with Crippen molar-refractivity contribution in [2.75, 3.05) is 18.1 Å². The third-order valence-corrected chi connectivity index (χ3v) is 3.62. The van der Waals surface area contributed by atoms with Crippen LogP contribution in [0.3, 0.4) is 0 Å². The van der Waals surface area contributed by atoms with Gasteiger partial charge in [-0.25, -0.2) is 4.79 Å². The molecule has 0 bridgehead atoms. The lowest BCUT2D eigenvalue weighted by molar-refractivity contribution is 0.0690. The lowest BCUT2D eigenvalue weighted by Crippen LogP contribution is -2.31. The summed E-state index contributed by atoms with van der Waals surface area (Å²) in [6.45, 7) is 1.45. The second-order valence-corrected chi connectivity index (χ2v) is 4.84. The van der Waals surface area contributed by atoms with Gasteiger partial charge in [-0.3, -0.25) is 4.68 Å². The molecule has 88 valence electrons. The third kappa shape index (κ3) is 2.96. The maximum atomic E-state index is 10.6. The number of hydrogen-bond donors (Lipinski definition) is 2. The molecular weight excluding hydrogens is 228 g/mol. The van der Waals surface area contributed by atoms with Gasteiger partial charge in [0.15, 0.2) is 5.69 Å². The lowest BCUT2D eigenvalue weighted by Gasteiger charge is -2.10. The summed E-state index contributed by atoms with van der Waals surface area (Å²) in [5.74, 6) is 1.36. The molecular formula is C9H14N4O2S. The third-order valence-electron chi connectivity index (χ3n) is 2.46. The van der Waals surface area contributed by atoms with Crippen molar-refractivity contribution in [3.05, 3.63) is 11.9 Å². The first-order valence-corrected chi connectivity index (χ1v) is 6.36. The quantitative estimate of drug-likeness (QED) is 0.760. The average molecular weight is 242 g/mol. The Bertz CT molecular complexity index is 362. The minimum Gasteiger partial charge on any atom is -0.476 e. The van der Waals surface area contributed by atoms with Crippen molar-refractivity contribution in [2.45, 2.75) is 19.0 Å². The Morgan fingerprint density at radius 1 is 1.75 bits per heavy atom. The Morgan fingerprint density at radius 2 is 2.62 bits per heavy atom. The molecule has 6 nitrogen and oxygen atoms in total. The van der Waals surface area contributed by atoms with E-state index in [2.05, 4.69) is 15.6 Å². The van der Waals surface area contributed by atoms with E-state index in [1.165, 1.54) is 18.4 Å². The molecule has 0 aliphatic carbocycles. The highest BCUT2D eigenvalue weighted by Gasteiger charge is 2.14. The van der Waals surface area contributed by atoms with Gasteiger partial charge in [-0.2, -0.15) is 11.8 Å². The lowest BCUT2D eigenvalue weighted by atomic mass is 10.3. The number of carboxylic acids is 1. The van der Waals surface area contributed by atoms with Gasteiger partial charge in [0.25, 0.3) is 0 Å². The molecule has 2 N–H and O–H groups in total. The van der Waals surface area contributed by atoms with Crippen LogP contribution in [-0.2, 0) is 6.54 Å². The largest absolute Gasteiger partial charge is 0.476 e. The van der Waals surface area contributed by atoms with E-state index in [0.717, 1.165) is 12.3 Å². The van der Waals surface area contributed by atoms with E-state index in [1.54, 1.807) is 4.68 Å². The van der Waals surface area contributed by atoms with Crippen LogP contribution in [0.15, 0.2) is 6.20 Å². The van der Waals surface area contributed by atoms with Gasteiger partial charge in [-0.1, -0.05) is 5.21 Å². The summed E-state index contributed by atoms with van der Waals surface area (Å²) in [5, 5.41) is 19.4. The molecule has 0 saturated carbocycles. The van der Waals surface area contributed by atoms with Crippen molar-refractivity contribution in [1.29, 1.82) is 0 Å². The normalized spacial score (nSPS) is 20.1. The van der Waals surface area contributed by atoms with Gasteiger partial charge in [0, 0.05) is 18.3 Å². The summed E-state index contributed by atoms with van der Waals surface area (Å²) in [7, 11) is 0. The molecule has 1 aliphatic rings. The number of carboxylic acid groups (broad SMARTS) is 1. The fourth-order valence-electron chi connectivity index (χ4n) is 1.58. The first kappa shape index (κ1) is 11.4. The predicted octanol–water partition coefficient (Wildman–Crippen LogP) is 0.0714. The van der Waals surface area contributed by atoms with Crippen LogP contribution in [0.25, 0.3) is 0 Å².